The molecule has 1 aromatic heterocycles. The van der Waals surface area contributed by atoms with E-state index >= 15 is 0 Å². The summed E-state index contributed by atoms with van der Waals surface area (Å²) in [5.74, 6) is 0.145. The maximum atomic E-state index is 12.5. The van der Waals surface area contributed by atoms with Crippen molar-refractivity contribution in [3.05, 3.63) is 18.0 Å². The van der Waals surface area contributed by atoms with E-state index in [1.54, 1.807) is 10.9 Å². The Morgan fingerprint density at radius 3 is 2.38 bits per heavy atom. The number of hydrogen-bond donors (Lipinski definition) is 1. The molecule has 6 nitrogen and oxygen atoms in total. The molecule has 1 saturated heterocycles. The number of halogens is 2. The molecule has 0 aromatic carbocycles. The van der Waals surface area contributed by atoms with Crippen LogP contribution in [0.5, 0.6) is 0 Å². The molecule has 1 N–H and O–H groups in total. The van der Waals surface area contributed by atoms with Crippen LogP contribution in [-0.4, -0.2) is 65.3 Å². The van der Waals surface area contributed by atoms with Crippen LogP contribution in [0.1, 0.15) is 18.5 Å². The fourth-order valence-electron chi connectivity index (χ4n) is 2.49. The van der Waals surface area contributed by atoms with Gasteiger partial charge in [0, 0.05) is 45.0 Å². The van der Waals surface area contributed by atoms with Gasteiger partial charge in [0.2, 0.25) is 5.91 Å². The highest BCUT2D eigenvalue weighted by molar-refractivity contribution is 5.85. The number of hydrogen-bond acceptors (Lipinski definition) is 4. The first-order valence-corrected chi connectivity index (χ1v) is 6.82. The lowest BCUT2D eigenvalue weighted by atomic mass is 10.1. The molecule has 1 aliphatic heterocycles. The molecular formula is C13H25Cl2N5O. The Kier molecular flexibility index (Phi) is 8.89. The highest BCUT2D eigenvalue weighted by Gasteiger charge is 2.27. The Hall–Kier alpha value is -0.820. The first-order valence-electron chi connectivity index (χ1n) is 6.82. The summed E-state index contributed by atoms with van der Waals surface area (Å²) in [6.07, 6.45) is 3.64. The molecule has 8 heteroatoms. The average molecular weight is 338 g/mol. The van der Waals surface area contributed by atoms with Crippen molar-refractivity contribution in [2.75, 3.05) is 39.8 Å². The topological polar surface area (TPSA) is 53.4 Å². The minimum absolute atomic E-state index is 0. The van der Waals surface area contributed by atoms with E-state index in [-0.39, 0.29) is 36.8 Å². The molecule has 2 heterocycles. The molecule has 1 fully saturated rings. The predicted octanol–water partition coefficient (Wildman–Crippen LogP) is 0.688. The number of likely N-dealkylation sites (N-methyl/N-ethyl adjacent to an activating group) is 2. The van der Waals surface area contributed by atoms with Gasteiger partial charge in [-0.2, -0.15) is 5.10 Å². The Morgan fingerprint density at radius 2 is 1.95 bits per heavy atom. The van der Waals surface area contributed by atoms with Gasteiger partial charge in [0.1, 0.15) is 6.04 Å². The van der Waals surface area contributed by atoms with Crippen LogP contribution in [-0.2, 0) is 11.8 Å². The fraction of sp³-hybridized carbons (Fsp3) is 0.692. The first-order chi connectivity index (χ1) is 9.15. The molecular weight excluding hydrogens is 313 g/mol. The Labute approximate surface area is 138 Å². The summed E-state index contributed by atoms with van der Waals surface area (Å²) in [6.45, 7) is 6.76. The fourth-order valence-corrected chi connectivity index (χ4v) is 2.49. The van der Waals surface area contributed by atoms with Gasteiger partial charge in [-0.15, -0.1) is 24.8 Å². The summed E-state index contributed by atoms with van der Waals surface area (Å²) in [6, 6.07) is -0.290. The number of aromatic nitrogens is 2. The quantitative estimate of drug-likeness (QED) is 0.878. The molecule has 1 amide bonds. The number of carbonyl (C=O) groups excluding carboxylic acids is 1. The zero-order chi connectivity index (χ0) is 13.8. The Morgan fingerprint density at radius 1 is 1.33 bits per heavy atom. The second-order valence-electron chi connectivity index (χ2n) is 4.93. The van der Waals surface area contributed by atoms with Crippen LogP contribution in [0.15, 0.2) is 12.4 Å². The number of rotatable bonds is 4. The Bertz CT molecular complexity index is 432. The summed E-state index contributed by atoms with van der Waals surface area (Å²) in [5, 5.41) is 7.23. The van der Waals surface area contributed by atoms with Gasteiger partial charge in [-0.05, 0) is 13.6 Å². The zero-order valence-corrected chi connectivity index (χ0v) is 14.4. The van der Waals surface area contributed by atoms with Crippen molar-refractivity contribution in [3.8, 4) is 0 Å². The number of amides is 1. The van der Waals surface area contributed by atoms with Gasteiger partial charge in [-0.25, -0.2) is 0 Å². The van der Waals surface area contributed by atoms with Crippen LogP contribution in [0, 0.1) is 0 Å². The van der Waals surface area contributed by atoms with Crippen LogP contribution in [0.4, 0.5) is 0 Å². The van der Waals surface area contributed by atoms with Crippen molar-refractivity contribution in [2.45, 2.75) is 13.0 Å². The van der Waals surface area contributed by atoms with Crippen molar-refractivity contribution in [3.63, 3.8) is 0 Å². The second kappa shape index (κ2) is 9.25. The lowest BCUT2D eigenvalue weighted by molar-refractivity contribution is -0.135. The van der Waals surface area contributed by atoms with Gasteiger partial charge < -0.3 is 15.1 Å². The number of nitrogens with zero attached hydrogens (tertiary/aromatic N) is 4. The van der Waals surface area contributed by atoms with Crippen LogP contribution < -0.4 is 5.32 Å². The number of aryl methyl sites for hydroxylation is 1. The lowest BCUT2D eigenvalue weighted by Crippen LogP contribution is -2.51. The predicted molar refractivity (Wildman–Crippen MR) is 88.2 cm³/mol. The summed E-state index contributed by atoms with van der Waals surface area (Å²) in [7, 11) is 3.68. The second-order valence-corrected chi connectivity index (χ2v) is 4.93. The highest BCUT2D eigenvalue weighted by Crippen LogP contribution is 2.16. The SMILES string of the molecule is CCN1CCN(C(=O)C(NC)c2cnn(C)c2)CC1.Cl.Cl. The van der Waals surface area contributed by atoms with Crippen LogP contribution in [0.2, 0.25) is 0 Å². The molecule has 0 bridgehead atoms. The summed E-state index contributed by atoms with van der Waals surface area (Å²) >= 11 is 0. The number of nitrogens with one attached hydrogen (secondary N) is 1. The van der Waals surface area contributed by atoms with Crippen molar-refractivity contribution in [1.29, 1.82) is 0 Å². The molecule has 0 aliphatic carbocycles. The third kappa shape index (κ3) is 4.85. The van der Waals surface area contributed by atoms with Crippen molar-refractivity contribution >= 4 is 30.7 Å². The Balaban J connectivity index is 0.00000200. The minimum atomic E-state index is -0.290. The van der Waals surface area contributed by atoms with Gasteiger partial charge in [0.05, 0.1) is 6.20 Å². The van der Waals surface area contributed by atoms with Crippen molar-refractivity contribution < 1.29 is 4.79 Å². The smallest absolute Gasteiger partial charge is 0.244 e. The maximum Gasteiger partial charge on any atom is 0.244 e. The van der Waals surface area contributed by atoms with Gasteiger partial charge in [0.15, 0.2) is 0 Å². The molecule has 2 rings (SSSR count). The standard InChI is InChI=1S/C13H23N5O.2ClH/c1-4-17-5-7-18(8-6-17)13(19)12(14-2)11-9-15-16(3)10-11;;/h9-10,12,14H,4-8H2,1-3H3;2*1H. The third-order valence-electron chi connectivity index (χ3n) is 3.72. The number of piperazine rings is 1. The van der Waals surface area contributed by atoms with E-state index in [1.165, 1.54) is 0 Å². The summed E-state index contributed by atoms with van der Waals surface area (Å²) < 4.78 is 1.72. The van der Waals surface area contributed by atoms with Crippen LogP contribution >= 0.6 is 24.8 Å². The molecule has 0 spiro atoms. The maximum absolute atomic E-state index is 12.5. The van der Waals surface area contributed by atoms with Gasteiger partial charge in [-0.3, -0.25) is 9.48 Å². The zero-order valence-electron chi connectivity index (χ0n) is 12.8. The van der Waals surface area contributed by atoms with E-state index in [1.807, 2.05) is 25.2 Å². The number of carbonyl (C=O) groups is 1. The molecule has 1 atom stereocenters. The van der Waals surface area contributed by atoms with E-state index in [0.717, 1.165) is 38.3 Å². The van der Waals surface area contributed by atoms with E-state index < -0.39 is 0 Å². The molecule has 0 saturated carbocycles. The molecule has 1 aromatic rings. The van der Waals surface area contributed by atoms with Gasteiger partial charge in [0.25, 0.3) is 0 Å². The van der Waals surface area contributed by atoms with Gasteiger partial charge in [-0.1, -0.05) is 6.92 Å². The van der Waals surface area contributed by atoms with E-state index in [0.29, 0.717) is 0 Å². The molecule has 122 valence electrons. The molecule has 1 aliphatic rings. The van der Waals surface area contributed by atoms with Crippen LogP contribution in [0.25, 0.3) is 0 Å². The minimum Gasteiger partial charge on any atom is -0.338 e. The normalized spacial score (nSPS) is 16.8. The molecule has 0 radical (unpaired) electrons. The molecule has 21 heavy (non-hydrogen) atoms. The van der Waals surface area contributed by atoms with Crippen molar-refractivity contribution in [2.24, 2.45) is 7.05 Å². The van der Waals surface area contributed by atoms with Crippen molar-refractivity contribution in [1.82, 2.24) is 24.9 Å². The largest absolute Gasteiger partial charge is 0.338 e. The summed E-state index contributed by atoms with van der Waals surface area (Å²) in [4.78, 5) is 16.8. The third-order valence-corrected chi connectivity index (χ3v) is 3.72. The lowest BCUT2D eigenvalue weighted by Gasteiger charge is -2.35. The average Bonchev–Trinajstić information content (AvgIpc) is 2.86. The van der Waals surface area contributed by atoms with Gasteiger partial charge >= 0.3 is 0 Å². The van der Waals surface area contributed by atoms with Crippen LogP contribution in [0.3, 0.4) is 0 Å². The van der Waals surface area contributed by atoms with E-state index in [2.05, 4.69) is 22.2 Å². The molecule has 1 unspecified atom stereocenters. The monoisotopic (exact) mass is 337 g/mol. The highest BCUT2D eigenvalue weighted by atomic mass is 35.5. The van der Waals surface area contributed by atoms with E-state index in [4.69, 9.17) is 0 Å². The first kappa shape index (κ1) is 20.2. The summed E-state index contributed by atoms with van der Waals surface area (Å²) in [5.41, 5.74) is 0.924. The van der Waals surface area contributed by atoms with E-state index in [9.17, 15) is 4.79 Å².